The second-order valence-corrected chi connectivity index (χ2v) is 8.68. The van der Waals surface area contributed by atoms with E-state index in [2.05, 4.69) is 39.4 Å². The van der Waals surface area contributed by atoms with Crippen molar-refractivity contribution < 1.29 is 13.9 Å². The molecular weight excluding hydrogens is 456 g/mol. The fourth-order valence-corrected chi connectivity index (χ4v) is 3.78. The molecule has 1 heterocycles. The summed E-state index contributed by atoms with van der Waals surface area (Å²) in [5, 5.41) is 3.93. The summed E-state index contributed by atoms with van der Waals surface area (Å²) in [6.45, 7) is 7.81. The Morgan fingerprint density at radius 1 is 1.26 bits per heavy atom. The SMILES string of the molecule is CCOc1c(/C(C)=C/C(=O)NCCN(C)C)cc2c(-c3ccc(Br)cc3)coc2c1C. The molecule has 3 aromatic rings. The van der Waals surface area contributed by atoms with Gasteiger partial charge in [-0.1, -0.05) is 28.1 Å². The van der Waals surface area contributed by atoms with Gasteiger partial charge in [-0.05, 0) is 64.2 Å². The number of nitrogens with one attached hydrogen (secondary N) is 1. The van der Waals surface area contributed by atoms with Crippen LogP contribution in [0.3, 0.4) is 0 Å². The molecule has 0 saturated heterocycles. The summed E-state index contributed by atoms with van der Waals surface area (Å²) in [6, 6.07) is 10.2. The Balaban J connectivity index is 2.05. The molecule has 6 heteroatoms. The number of furan rings is 1. The zero-order valence-electron chi connectivity index (χ0n) is 18.7. The third-order valence-electron chi connectivity index (χ3n) is 5.12. The van der Waals surface area contributed by atoms with Crippen molar-refractivity contribution in [2.75, 3.05) is 33.8 Å². The van der Waals surface area contributed by atoms with Gasteiger partial charge in [-0.15, -0.1) is 0 Å². The number of aryl methyl sites for hydroxylation is 1. The molecule has 0 aliphatic rings. The Morgan fingerprint density at radius 2 is 1.97 bits per heavy atom. The minimum absolute atomic E-state index is 0.111. The summed E-state index contributed by atoms with van der Waals surface area (Å²) in [4.78, 5) is 14.5. The van der Waals surface area contributed by atoms with E-state index in [1.807, 2.05) is 51.9 Å². The van der Waals surface area contributed by atoms with E-state index in [0.717, 1.165) is 55.6 Å². The van der Waals surface area contributed by atoms with E-state index >= 15 is 0 Å². The van der Waals surface area contributed by atoms with E-state index in [0.29, 0.717) is 13.2 Å². The number of benzene rings is 2. The first kappa shape index (κ1) is 23.1. The fourth-order valence-electron chi connectivity index (χ4n) is 3.52. The van der Waals surface area contributed by atoms with Crippen molar-refractivity contribution in [2.24, 2.45) is 0 Å². The molecule has 31 heavy (non-hydrogen) atoms. The van der Waals surface area contributed by atoms with Gasteiger partial charge in [0, 0.05) is 45.7 Å². The molecule has 0 aliphatic heterocycles. The summed E-state index contributed by atoms with van der Waals surface area (Å²) in [6.07, 6.45) is 3.42. The summed E-state index contributed by atoms with van der Waals surface area (Å²) in [5.74, 6) is 0.640. The molecule has 5 nitrogen and oxygen atoms in total. The van der Waals surface area contributed by atoms with Crippen molar-refractivity contribution in [3.63, 3.8) is 0 Å². The highest BCUT2D eigenvalue weighted by atomic mass is 79.9. The first-order chi connectivity index (χ1) is 14.8. The van der Waals surface area contributed by atoms with Crippen LogP contribution in [0.1, 0.15) is 25.0 Å². The standard InChI is InChI=1S/C25H29BrN2O3/c1-6-30-24-17(3)25-21(22(15-31-25)18-7-9-19(26)10-8-18)14-20(24)16(2)13-23(29)27-11-12-28(4)5/h7-10,13-15H,6,11-12H2,1-5H3,(H,27,29)/b16-13+. The number of carbonyl (C=O) groups excluding carboxylic acids is 1. The second kappa shape index (κ2) is 10.2. The molecule has 164 valence electrons. The van der Waals surface area contributed by atoms with Gasteiger partial charge in [0.15, 0.2) is 0 Å². The van der Waals surface area contributed by atoms with Crippen molar-refractivity contribution in [3.05, 3.63) is 58.3 Å². The van der Waals surface area contributed by atoms with Gasteiger partial charge in [-0.25, -0.2) is 0 Å². The van der Waals surface area contributed by atoms with E-state index in [-0.39, 0.29) is 5.91 Å². The lowest BCUT2D eigenvalue weighted by molar-refractivity contribution is -0.116. The smallest absolute Gasteiger partial charge is 0.244 e. The summed E-state index contributed by atoms with van der Waals surface area (Å²) >= 11 is 3.49. The number of hydrogen-bond donors (Lipinski definition) is 1. The molecular formula is C25H29BrN2O3. The van der Waals surface area contributed by atoms with Crippen LogP contribution in [0, 0.1) is 6.92 Å². The summed E-state index contributed by atoms with van der Waals surface area (Å²) in [5.41, 5.74) is 5.55. The van der Waals surface area contributed by atoms with Crippen LogP contribution < -0.4 is 10.1 Å². The Kier molecular flexibility index (Phi) is 7.57. The van der Waals surface area contributed by atoms with Crippen LogP contribution >= 0.6 is 15.9 Å². The summed E-state index contributed by atoms with van der Waals surface area (Å²) in [7, 11) is 3.96. The number of ether oxygens (including phenoxy) is 1. The van der Waals surface area contributed by atoms with Crippen LogP contribution in [0.4, 0.5) is 0 Å². The number of hydrogen-bond acceptors (Lipinski definition) is 4. The lowest BCUT2D eigenvalue weighted by Crippen LogP contribution is -2.30. The van der Waals surface area contributed by atoms with Gasteiger partial charge >= 0.3 is 0 Å². The number of allylic oxidation sites excluding steroid dienone is 1. The van der Waals surface area contributed by atoms with Gasteiger partial charge in [0.2, 0.25) is 5.91 Å². The average Bonchev–Trinajstić information content (AvgIpc) is 3.14. The highest BCUT2D eigenvalue weighted by Crippen LogP contribution is 2.40. The van der Waals surface area contributed by atoms with Gasteiger partial charge in [-0.3, -0.25) is 4.79 Å². The van der Waals surface area contributed by atoms with Crippen molar-refractivity contribution >= 4 is 38.4 Å². The van der Waals surface area contributed by atoms with E-state index < -0.39 is 0 Å². The molecule has 1 aromatic heterocycles. The number of likely N-dealkylation sites (N-methyl/N-ethyl adjacent to an activating group) is 1. The van der Waals surface area contributed by atoms with E-state index in [1.54, 1.807) is 12.3 Å². The van der Waals surface area contributed by atoms with E-state index in [9.17, 15) is 4.79 Å². The van der Waals surface area contributed by atoms with Crippen LogP contribution in [0.2, 0.25) is 0 Å². The maximum absolute atomic E-state index is 12.4. The van der Waals surface area contributed by atoms with Crippen molar-refractivity contribution in [1.82, 2.24) is 10.2 Å². The van der Waals surface area contributed by atoms with E-state index in [4.69, 9.17) is 9.15 Å². The quantitative estimate of drug-likeness (QED) is 0.419. The minimum Gasteiger partial charge on any atom is -0.493 e. The number of rotatable bonds is 8. The predicted molar refractivity (Wildman–Crippen MR) is 130 cm³/mol. The van der Waals surface area contributed by atoms with Gasteiger partial charge in [0.1, 0.15) is 11.3 Å². The van der Waals surface area contributed by atoms with Gasteiger partial charge in [-0.2, -0.15) is 0 Å². The largest absolute Gasteiger partial charge is 0.493 e. The van der Waals surface area contributed by atoms with Crippen LogP contribution in [0.15, 0.2) is 51.6 Å². The molecule has 0 aliphatic carbocycles. The van der Waals surface area contributed by atoms with Crippen molar-refractivity contribution in [3.8, 4) is 16.9 Å². The Hall–Kier alpha value is -2.57. The maximum atomic E-state index is 12.4. The monoisotopic (exact) mass is 484 g/mol. The van der Waals surface area contributed by atoms with Crippen LogP contribution in [-0.2, 0) is 4.79 Å². The van der Waals surface area contributed by atoms with Gasteiger partial charge < -0.3 is 19.4 Å². The second-order valence-electron chi connectivity index (χ2n) is 7.77. The molecule has 0 radical (unpaired) electrons. The lowest BCUT2D eigenvalue weighted by Gasteiger charge is -2.15. The molecule has 0 unspecified atom stereocenters. The predicted octanol–water partition coefficient (Wildman–Crippen LogP) is 5.65. The molecule has 0 spiro atoms. The molecule has 0 fully saturated rings. The van der Waals surface area contributed by atoms with Crippen molar-refractivity contribution in [2.45, 2.75) is 20.8 Å². The number of amides is 1. The number of fused-ring (bicyclic) bond motifs is 1. The van der Waals surface area contributed by atoms with Crippen LogP contribution in [0.5, 0.6) is 5.75 Å². The number of nitrogens with zero attached hydrogens (tertiary/aromatic N) is 1. The molecule has 1 amide bonds. The molecule has 0 atom stereocenters. The third-order valence-corrected chi connectivity index (χ3v) is 5.65. The molecule has 3 rings (SSSR count). The first-order valence-electron chi connectivity index (χ1n) is 10.4. The zero-order valence-corrected chi connectivity index (χ0v) is 20.3. The highest BCUT2D eigenvalue weighted by Gasteiger charge is 2.19. The maximum Gasteiger partial charge on any atom is 0.244 e. The number of carbonyl (C=O) groups is 1. The van der Waals surface area contributed by atoms with Gasteiger partial charge in [0.05, 0.1) is 12.9 Å². The van der Waals surface area contributed by atoms with Crippen LogP contribution in [-0.4, -0.2) is 44.6 Å². The first-order valence-corrected chi connectivity index (χ1v) is 11.2. The molecule has 0 bridgehead atoms. The topological polar surface area (TPSA) is 54.7 Å². The lowest BCUT2D eigenvalue weighted by atomic mass is 9.96. The number of halogens is 1. The molecule has 2 aromatic carbocycles. The average molecular weight is 485 g/mol. The Labute approximate surface area is 192 Å². The molecule has 0 saturated carbocycles. The highest BCUT2D eigenvalue weighted by molar-refractivity contribution is 9.10. The van der Waals surface area contributed by atoms with E-state index in [1.165, 1.54) is 0 Å². The minimum atomic E-state index is -0.111. The zero-order chi connectivity index (χ0) is 22.5. The fraction of sp³-hybridized carbons (Fsp3) is 0.320. The Morgan fingerprint density at radius 3 is 2.61 bits per heavy atom. The van der Waals surface area contributed by atoms with Crippen molar-refractivity contribution in [1.29, 1.82) is 0 Å². The van der Waals surface area contributed by atoms with Crippen LogP contribution in [0.25, 0.3) is 27.7 Å². The van der Waals surface area contributed by atoms with Gasteiger partial charge in [0.25, 0.3) is 0 Å². The summed E-state index contributed by atoms with van der Waals surface area (Å²) < 4.78 is 13.0. The third kappa shape index (κ3) is 5.38. The Bertz CT molecular complexity index is 1100. The normalized spacial score (nSPS) is 11.9. The molecule has 1 N–H and O–H groups in total.